The number of urea groups is 1. The van der Waals surface area contributed by atoms with E-state index in [1.165, 1.54) is 7.11 Å². The van der Waals surface area contributed by atoms with Gasteiger partial charge in [-0.05, 0) is 38.1 Å². The van der Waals surface area contributed by atoms with Gasteiger partial charge in [0.2, 0.25) is 0 Å². The van der Waals surface area contributed by atoms with Gasteiger partial charge in [-0.15, -0.1) is 0 Å². The van der Waals surface area contributed by atoms with Crippen LogP contribution in [0.1, 0.15) is 20.9 Å². The lowest BCUT2D eigenvalue weighted by molar-refractivity contribution is 0.102. The highest BCUT2D eigenvalue weighted by Gasteiger charge is 2.18. The van der Waals surface area contributed by atoms with E-state index in [1.807, 2.05) is 31.2 Å². The maximum atomic E-state index is 12.8. The quantitative estimate of drug-likeness (QED) is 0.531. The summed E-state index contributed by atoms with van der Waals surface area (Å²) >= 11 is 1.08. The van der Waals surface area contributed by atoms with Crippen molar-refractivity contribution < 1.29 is 19.1 Å². The maximum absolute atomic E-state index is 12.8. The van der Waals surface area contributed by atoms with Crippen LogP contribution in [0.5, 0.6) is 11.5 Å². The van der Waals surface area contributed by atoms with Crippen LogP contribution < -0.4 is 25.4 Å². The molecule has 0 radical (unpaired) electrons. The summed E-state index contributed by atoms with van der Waals surface area (Å²) in [6, 6.07) is 12.1. The predicted octanol–water partition coefficient (Wildman–Crippen LogP) is 4.67. The number of aromatic nitrogens is 1. The Kier molecular flexibility index (Phi) is 6.53. The molecular formula is C21H22N4O4S. The first-order valence-corrected chi connectivity index (χ1v) is 9.86. The second-order valence-electron chi connectivity index (χ2n) is 6.40. The highest BCUT2D eigenvalue weighted by atomic mass is 32.1. The third-order valence-corrected chi connectivity index (χ3v) is 5.26. The fourth-order valence-electron chi connectivity index (χ4n) is 2.65. The lowest BCUT2D eigenvalue weighted by Gasteiger charge is -2.11. The van der Waals surface area contributed by atoms with Crippen molar-refractivity contribution in [3.8, 4) is 11.5 Å². The van der Waals surface area contributed by atoms with E-state index >= 15 is 0 Å². The fourth-order valence-corrected chi connectivity index (χ4v) is 3.50. The predicted molar refractivity (Wildman–Crippen MR) is 118 cm³/mol. The highest BCUT2D eigenvalue weighted by Crippen LogP contribution is 2.31. The zero-order valence-electron chi connectivity index (χ0n) is 17.0. The van der Waals surface area contributed by atoms with Crippen molar-refractivity contribution in [2.75, 3.05) is 30.2 Å². The number of aryl methyl sites for hydroxylation is 2. The van der Waals surface area contributed by atoms with Crippen LogP contribution in [0.2, 0.25) is 0 Å². The third kappa shape index (κ3) is 5.06. The van der Waals surface area contributed by atoms with E-state index in [-0.39, 0.29) is 5.91 Å². The van der Waals surface area contributed by atoms with Gasteiger partial charge in [-0.2, -0.15) is 0 Å². The minimum Gasteiger partial charge on any atom is -0.497 e. The molecule has 0 saturated heterocycles. The molecule has 3 N–H and O–H groups in total. The lowest BCUT2D eigenvalue weighted by Crippen LogP contribution is -2.19. The first-order valence-electron chi connectivity index (χ1n) is 9.05. The molecule has 1 aromatic heterocycles. The molecule has 3 amide bonds. The van der Waals surface area contributed by atoms with E-state index in [0.717, 1.165) is 16.9 Å². The summed E-state index contributed by atoms with van der Waals surface area (Å²) < 4.78 is 10.5. The summed E-state index contributed by atoms with van der Waals surface area (Å²) in [6.45, 7) is 3.67. The van der Waals surface area contributed by atoms with E-state index < -0.39 is 6.03 Å². The van der Waals surface area contributed by atoms with E-state index in [2.05, 4.69) is 20.9 Å². The summed E-state index contributed by atoms with van der Waals surface area (Å²) in [7, 11) is 3.06. The highest BCUT2D eigenvalue weighted by molar-refractivity contribution is 7.17. The number of methoxy groups -OCH3 is 2. The van der Waals surface area contributed by atoms with Gasteiger partial charge in [0.1, 0.15) is 16.4 Å². The Labute approximate surface area is 178 Å². The van der Waals surface area contributed by atoms with Gasteiger partial charge in [-0.1, -0.05) is 29.0 Å². The molecule has 30 heavy (non-hydrogen) atoms. The molecule has 0 bridgehead atoms. The topological polar surface area (TPSA) is 102 Å². The van der Waals surface area contributed by atoms with E-state index in [4.69, 9.17) is 9.47 Å². The molecule has 0 aliphatic carbocycles. The molecule has 0 unspecified atom stereocenters. The number of ether oxygens (including phenoxy) is 2. The Morgan fingerprint density at radius 1 is 0.933 bits per heavy atom. The van der Waals surface area contributed by atoms with Gasteiger partial charge >= 0.3 is 6.03 Å². The number of benzene rings is 2. The Hall–Kier alpha value is -3.59. The van der Waals surface area contributed by atoms with Crippen LogP contribution in [0.3, 0.4) is 0 Å². The number of hydrogen-bond acceptors (Lipinski definition) is 6. The Morgan fingerprint density at radius 3 is 2.33 bits per heavy atom. The minimum absolute atomic E-state index is 0.319. The number of nitrogens with one attached hydrogen (secondary N) is 3. The van der Waals surface area contributed by atoms with Crippen LogP contribution in [0, 0.1) is 13.8 Å². The van der Waals surface area contributed by atoms with E-state index in [0.29, 0.717) is 38.6 Å². The van der Waals surface area contributed by atoms with Gasteiger partial charge in [0.15, 0.2) is 5.13 Å². The van der Waals surface area contributed by atoms with E-state index in [1.54, 1.807) is 32.2 Å². The molecule has 0 aliphatic rings. The standard InChI is InChI=1S/C21H22N4O4S/c1-12-5-7-14(8-6-12)23-20(27)25-21-22-13(2)18(30-21)19(26)24-16-11-15(28-3)9-10-17(16)29-4/h5-11H,1-4H3,(H,24,26)(H2,22,23,25,27). The molecule has 8 nitrogen and oxygen atoms in total. The number of nitrogens with zero attached hydrogens (tertiary/aromatic N) is 1. The average molecular weight is 426 g/mol. The Morgan fingerprint density at radius 2 is 1.67 bits per heavy atom. The van der Waals surface area contributed by atoms with Gasteiger partial charge in [-0.3, -0.25) is 10.1 Å². The first kappa shape index (κ1) is 21.1. The molecule has 0 atom stereocenters. The average Bonchev–Trinajstić information content (AvgIpc) is 3.09. The van der Waals surface area contributed by atoms with Crippen molar-refractivity contribution >= 4 is 39.8 Å². The molecule has 156 valence electrons. The van der Waals surface area contributed by atoms with Gasteiger partial charge in [0.05, 0.1) is 25.6 Å². The zero-order valence-corrected chi connectivity index (χ0v) is 17.8. The first-order chi connectivity index (χ1) is 14.4. The van der Waals surface area contributed by atoms with Crippen molar-refractivity contribution in [3.05, 3.63) is 58.6 Å². The van der Waals surface area contributed by atoms with Gasteiger partial charge in [-0.25, -0.2) is 9.78 Å². The normalized spacial score (nSPS) is 10.3. The van der Waals surface area contributed by atoms with Crippen molar-refractivity contribution in [1.29, 1.82) is 0 Å². The summed E-state index contributed by atoms with van der Waals surface area (Å²) in [4.78, 5) is 29.6. The number of thiazole rings is 1. The largest absolute Gasteiger partial charge is 0.497 e. The monoisotopic (exact) mass is 426 g/mol. The van der Waals surface area contributed by atoms with Crippen molar-refractivity contribution in [3.63, 3.8) is 0 Å². The van der Waals surface area contributed by atoms with Crippen LogP contribution in [0.15, 0.2) is 42.5 Å². The van der Waals surface area contributed by atoms with Crippen LogP contribution in [-0.2, 0) is 0 Å². The van der Waals surface area contributed by atoms with Crippen LogP contribution in [0.4, 0.5) is 21.3 Å². The minimum atomic E-state index is -0.436. The number of hydrogen-bond donors (Lipinski definition) is 3. The molecule has 3 aromatic rings. The van der Waals surface area contributed by atoms with Crippen molar-refractivity contribution in [2.24, 2.45) is 0 Å². The molecule has 0 fully saturated rings. The molecular weight excluding hydrogens is 404 g/mol. The molecule has 0 saturated carbocycles. The summed E-state index contributed by atoms with van der Waals surface area (Å²) in [5, 5.41) is 8.51. The van der Waals surface area contributed by atoms with Crippen molar-refractivity contribution in [2.45, 2.75) is 13.8 Å². The Balaban J connectivity index is 1.70. The number of carbonyl (C=O) groups is 2. The fraction of sp³-hybridized carbons (Fsp3) is 0.190. The smallest absolute Gasteiger partial charge is 0.325 e. The molecule has 0 spiro atoms. The van der Waals surface area contributed by atoms with Crippen LogP contribution in [0.25, 0.3) is 0 Å². The Bertz CT molecular complexity index is 1060. The SMILES string of the molecule is COc1ccc(OC)c(NC(=O)c2sc(NC(=O)Nc3ccc(C)cc3)nc2C)c1. The third-order valence-electron chi connectivity index (χ3n) is 4.19. The van der Waals surface area contributed by atoms with Crippen molar-refractivity contribution in [1.82, 2.24) is 4.98 Å². The molecule has 2 aromatic carbocycles. The lowest BCUT2D eigenvalue weighted by atomic mass is 10.2. The summed E-state index contributed by atoms with van der Waals surface area (Å²) in [5.41, 5.74) is 2.74. The van der Waals surface area contributed by atoms with Crippen LogP contribution in [-0.4, -0.2) is 31.1 Å². The summed E-state index contributed by atoms with van der Waals surface area (Å²) in [5.74, 6) is 0.730. The molecule has 1 heterocycles. The second kappa shape index (κ2) is 9.27. The van der Waals surface area contributed by atoms with Crippen LogP contribution >= 0.6 is 11.3 Å². The maximum Gasteiger partial charge on any atom is 0.325 e. The number of rotatable bonds is 6. The number of anilines is 3. The van der Waals surface area contributed by atoms with Gasteiger partial charge in [0, 0.05) is 11.8 Å². The second-order valence-corrected chi connectivity index (χ2v) is 7.40. The summed E-state index contributed by atoms with van der Waals surface area (Å²) in [6.07, 6.45) is 0. The van der Waals surface area contributed by atoms with Gasteiger partial charge < -0.3 is 20.1 Å². The van der Waals surface area contributed by atoms with E-state index in [9.17, 15) is 9.59 Å². The molecule has 9 heteroatoms. The number of amides is 3. The molecule has 3 rings (SSSR count). The molecule has 0 aliphatic heterocycles. The zero-order chi connectivity index (χ0) is 21.7. The number of carbonyl (C=O) groups excluding carboxylic acids is 2. The van der Waals surface area contributed by atoms with Gasteiger partial charge in [0.25, 0.3) is 5.91 Å².